The molecule has 0 bridgehead atoms. The van der Waals surface area contributed by atoms with Crippen molar-refractivity contribution in [3.8, 4) is 11.8 Å². The highest BCUT2D eigenvalue weighted by Gasteiger charge is 2.16. The van der Waals surface area contributed by atoms with Gasteiger partial charge in [0.15, 0.2) is 0 Å². The summed E-state index contributed by atoms with van der Waals surface area (Å²) in [5.74, 6) is 0. The summed E-state index contributed by atoms with van der Waals surface area (Å²) in [6, 6.07) is 19.3. The van der Waals surface area contributed by atoms with Crippen molar-refractivity contribution in [1.82, 2.24) is 9.78 Å². The molecule has 24 heavy (non-hydrogen) atoms. The number of aryl methyl sites for hydroxylation is 1. The fourth-order valence-electron chi connectivity index (χ4n) is 2.35. The van der Waals surface area contributed by atoms with Crippen LogP contribution in [0.25, 0.3) is 5.69 Å². The SMILES string of the molecule is Cc1cccc(-n2nc(Sc3ccccc3)c(C)c(C#N)c2=O)c1. The van der Waals surface area contributed by atoms with Gasteiger partial charge >= 0.3 is 0 Å². The van der Waals surface area contributed by atoms with Gasteiger partial charge in [-0.2, -0.15) is 15.0 Å². The molecule has 3 rings (SSSR count). The van der Waals surface area contributed by atoms with Crippen LogP contribution in [0, 0.1) is 25.2 Å². The second kappa shape index (κ2) is 6.73. The van der Waals surface area contributed by atoms with E-state index in [1.807, 2.05) is 67.6 Å². The van der Waals surface area contributed by atoms with Gasteiger partial charge in [0.2, 0.25) is 0 Å². The zero-order valence-electron chi connectivity index (χ0n) is 13.4. The lowest BCUT2D eigenvalue weighted by atomic mass is 10.2. The normalized spacial score (nSPS) is 10.4. The van der Waals surface area contributed by atoms with Crippen LogP contribution < -0.4 is 5.56 Å². The minimum Gasteiger partial charge on any atom is -0.266 e. The molecule has 0 saturated heterocycles. The Kier molecular flexibility index (Phi) is 4.50. The first-order valence-corrected chi connectivity index (χ1v) is 8.26. The van der Waals surface area contributed by atoms with Crippen molar-refractivity contribution < 1.29 is 0 Å². The Morgan fingerprint density at radius 2 is 1.83 bits per heavy atom. The van der Waals surface area contributed by atoms with Crippen molar-refractivity contribution in [3.05, 3.63) is 81.6 Å². The van der Waals surface area contributed by atoms with Gasteiger partial charge in [-0.05, 0) is 43.7 Å². The number of nitriles is 1. The van der Waals surface area contributed by atoms with Gasteiger partial charge in [-0.25, -0.2) is 0 Å². The molecule has 0 unspecified atom stereocenters. The standard InChI is InChI=1S/C19H15N3OS/c1-13-7-6-8-15(11-13)22-19(23)17(12-20)14(2)18(21-22)24-16-9-4-3-5-10-16/h3-11H,1-2H3. The highest BCUT2D eigenvalue weighted by Crippen LogP contribution is 2.28. The second-order valence-electron chi connectivity index (χ2n) is 5.39. The lowest BCUT2D eigenvalue weighted by Crippen LogP contribution is -2.25. The molecular formula is C19H15N3OS. The molecule has 1 aromatic heterocycles. The molecule has 0 atom stereocenters. The van der Waals surface area contributed by atoms with Crippen LogP contribution in [0.1, 0.15) is 16.7 Å². The molecule has 118 valence electrons. The molecule has 1 heterocycles. The quantitative estimate of drug-likeness (QED) is 0.730. The summed E-state index contributed by atoms with van der Waals surface area (Å²) >= 11 is 1.44. The van der Waals surface area contributed by atoms with Crippen LogP contribution in [0.2, 0.25) is 0 Å². The summed E-state index contributed by atoms with van der Waals surface area (Å²) in [7, 11) is 0. The van der Waals surface area contributed by atoms with Gasteiger partial charge in [0.05, 0.1) is 5.69 Å². The van der Waals surface area contributed by atoms with Gasteiger partial charge in [-0.1, -0.05) is 42.1 Å². The topological polar surface area (TPSA) is 58.7 Å². The summed E-state index contributed by atoms with van der Waals surface area (Å²) in [6.07, 6.45) is 0. The minimum atomic E-state index is -0.391. The second-order valence-corrected chi connectivity index (χ2v) is 6.45. The van der Waals surface area contributed by atoms with Gasteiger partial charge in [0, 0.05) is 10.5 Å². The molecule has 0 aliphatic heterocycles. The van der Waals surface area contributed by atoms with Crippen molar-refractivity contribution in [2.45, 2.75) is 23.8 Å². The van der Waals surface area contributed by atoms with Crippen molar-refractivity contribution >= 4 is 11.8 Å². The molecule has 0 aliphatic rings. The van der Waals surface area contributed by atoms with E-state index in [4.69, 9.17) is 0 Å². The van der Waals surface area contributed by atoms with Crippen LogP contribution in [0.4, 0.5) is 0 Å². The Balaban J connectivity index is 2.19. The van der Waals surface area contributed by atoms with Crippen molar-refractivity contribution in [1.29, 1.82) is 5.26 Å². The van der Waals surface area contributed by atoms with Gasteiger partial charge in [-0.3, -0.25) is 4.79 Å². The van der Waals surface area contributed by atoms with E-state index < -0.39 is 5.56 Å². The minimum absolute atomic E-state index is 0.130. The van der Waals surface area contributed by atoms with E-state index in [1.165, 1.54) is 16.4 Å². The van der Waals surface area contributed by atoms with Crippen molar-refractivity contribution in [2.75, 3.05) is 0 Å². The van der Waals surface area contributed by atoms with E-state index in [0.29, 0.717) is 16.3 Å². The van der Waals surface area contributed by atoms with Crippen LogP contribution in [0.5, 0.6) is 0 Å². The van der Waals surface area contributed by atoms with Gasteiger partial charge in [0.1, 0.15) is 16.7 Å². The molecule has 0 amide bonds. The lowest BCUT2D eigenvalue weighted by Gasteiger charge is -2.11. The van der Waals surface area contributed by atoms with Crippen LogP contribution >= 0.6 is 11.8 Å². The van der Waals surface area contributed by atoms with Crippen LogP contribution in [0.3, 0.4) is 0 Å². The Labute approximate surface area is 144 Å². The highest BCUT2D eigenvalue weighted by atomic mass is 32.2. The average molecular weight is 333 g/mol. The molecule has 0 fully saturated rings. The number of benzene rings is 2. The molecule has 0 radical (unpaired) electrons. The largest absolute Gasteiger partial charge is 0.289 e. The van der Waals surface area contributed by atoms with E-state index in [-0.39, 0.29) is 5.56 Å². The number of nitrogens with zero attached hydrogens (tertiary/aromatic N) is 3. The maximum atomic E-state index is 12.6. The maximum absolute atomic E-state index is 12.6. The predicted molar refractivity (Wildman–Crippen MR) is 94.6 cm³/mol. The Hall–Kier alpha value is -2.84. The van der Waals surface area contributed by atoms with Gasteiger partial charge < -0.3 is 0 Å². The zero-order valence-corrected chi connectivity index (χ0v) is 14.2. The molecule has 0 aliphatic carbocycles. The van der Waals surface area contributed by atoms with E-state index >= 15 is 0 Å². The van der Waals surface area contributed by atoms with Gasteiger partial charge in [-0.15, -0.1) is 0 Å². The molecule has 5 heteroatoms. The van der Waals surface area contributed by atoms with E-state index in [0.717, 1.165) is 10.5 Å². The molecule has 0 spiro atoms. The lowest BCUT2D eigenvalue weighted by molar-refractivity contribution is 0.738. The monoisotopic (exact) mass is 333 g/mol. The Morgan fingerprint density at radius 3 is 2.50 bits per heavy atom. The summed E-state index contributed by atoms with van der Waals surface area (Å²) < 4.78 is 1.31. The van der Waals surface area contributed by atoms with E-state index in [1.54, 1.807) is 6.92 Å². The summed E-state index contributed by atoms with van der Waals surface area (Å²) in [6.45, 7) is 3.71. The fraction of sp³-hybridized carbons (Fsp3) is 0.105. The molecule has 3 aromatic rings. The first-order valence-electron chi connectivity index (χ1n) is 7.44. The van der Waals surface area contributed by atoms with Crippen LogP contribution in [-0.2, 0) is 0 Å². The Morgan fingerprint density at radius 1 is 1.08 bits per heavy atom. The molecular weight excluding hydrogens is 318 g/mol. The van der Waals surface area contributed by atoms with Crippen molar-refractivity contribution in [2.24, 2.45) is 0 Å². The molecule has 0 N–H and O–H groups in total. The third-order valence-electron chi connectivity index (χ3n) is 3.61. The summed E-state index contributed by atoms with van der Waals surface area (Å²) in [5, 5.41) is 14.6. The average Bonchev–Trinajstić information content (AvgIpc) is 2.59. The predicted octanol–water partition coefficient (Wildman–Crippen LogP) is 3.87. The van der Waals surface area contributed by atoms with Gasteiger partial charge in [0.25, 0.3) is 5.56 Å². The van der Waals surface area contributed by atoms with Crippen LogP contribution in [0.15, 0.2) is 69.3 Å². The first-order chi connectivity index (χ1) is 11.6. The van der Waals surface area contributed by atoms with E-state index in [2.05, 4.69) is 5.10 Å². The third-order valence-corrected chi connectivity index (χ3v) is 4.70. The Bertz CT molecular complexity index is 988. The van der Waals surface area contributed by atoms with Crippen LogP contribution in [-0.4, -0.2) is 9.78 Å². The zero-order chi connectivity index (χ0) is 17.1. The number of rotatable bonds is 3. The number of hydrogen-bond donors (Lipinski definition) is 0. The third kappa shape index (κ3) is 3.10. The molecule has 2 aromatic carbocycles. The maximum Gasteiger partial charge on any atom is 0.289 e. The molecule has 0 saturated carbocycles. The van der Waals surface area contributed by atoms with Crippen molar-refractivity contribution in [3.63, 3.8) is 0 Å². The first kappa shape index (κ1) is 16.0. The van der Waals surface area contributed by atoms with E-state index in [9.17, 15) is 10.1 Å². The number of hydrogen-bond acceptors (Lipinski definition) is 4. The summed E-state index contributed by atoms with van der Waals surface area (Å²) in [5.41, 5.74) is 2.03. The smallest absolute Gasteiger partial charge is 0.266 e. The molecule has 4 nitrogen and oxygen atoms in total. The highest BCUT2D eigenvalue weighted by molar-refractivity contribution is 7.99. The summed E-state index contributed by atoms with van der Waals surface area (Å²) in [4.78, 5) is 13.6. The number of aromatic nitrogens is 2. The fourth-order valence-corrected chi connectivity index (χ4v) is 3.24.